The Kier molecular flexibility index (Phi) is 8.80. The number of rotatable bonds is 10. The molecule has 3 rings (SSSR count). The quantitative estimate of drug-likeness (QED) is 0.431. The Morgan fingerprint density at radius 2 is 1.60 bits per heavy atom. The van der Waals surface area contributed by atoms with Crippen LogP contribution in [0.4, 0.5) is 0 Å². The van der Waals surface area contributed by atoms with Gasteiger partial charge in [0.15, 0.2) is 6.17 Å². The third-order valence-corrected chi connectivity index (χ3v) is 6.96. The van der Waals surface area contributed by atoms with Crippen molar-refractivity contribution in [3.8, 4) is 0 Å². The topological polar surface area (TPSA) is 52.6 Å². The summed E-state index contributed by atoms with van der Waals surface area (Å²) in [5, 5.41) is 14.7. The summed E-state index contributed by atoms with van der Waals surface area (Å²) in [5.41, 5.74) is 2.92. The molecular weight excluding hydrogens is 372 g/mol. The van der Waals surface area contributed by atoms with Crippen molar-refractivity contribution in [1.82, 2.24) is 10.4 Å². The highest BCUT2D eigenvalue weighted by Gasteiger charge is 2.28. The van der Waals surface area contributed by atoms with Crippen LogP contribution in [0.3, 0.4) is 0 Å². The highest BCUT2D eigenvalue weighted by atomic mass is 16.5. The molecule has 2 N–H and O–H groups in total. The van der Waals surface area contributed by atoms with Crippen LogP contribution in [0, 0.1) is 11.8 Å². The van der Waals surface area contributed by atoms with Crippen molar-refractivity contribution in [2.75, 3.05) is 0 Å². The van der Waals surface area contributed by atoms with Crippen molar-refractivity contribution in [2.45, 2.75) is 97.1 Å². The van der Waals surface area contributed by atoms with Gasteiger partial charge in [-0.1, -0.05) is 89.5 Å². The van der Waals surface area contributed by atoms with E-state index in [0.717, 1.165) is 36.7 Å². The monoisotopic (exact) mass is 412 g/mol. The van der Waals surface area contributed by atoms with Crippen molar-refractivity contribution in [2.24, 2.45) is 11.8 Å². The zero-order valence-electron chi connectivity index (χ0n) is 18.9. The molecule has 1 aliphatic carbocycles. The normalized spacial score (nSPS) is 24.5. The summed E-state index contributed by atoms with van der Waals surface area (Å²) in [6.07, 6.45) is 15.6. The molecule has 0 saturated heterocycles. The largest absolute Gasteiger partial charge is 0.326 e. The molecule has 166 valence electrons. The molecule has 0 aromatic heterocycles. The van der Waals surface area contributed by atoms with Gasteiger partial charge < -0.3 is 5.32 Å². The molecule has 1 atom stereocenters. The fourth-order valence-corrected chi connectivity index (χ4v) is 5.01. The Hall–Kier alpha value is -1.81. The molecule has 1 unspecified atom stereocenters. The fourth-order valence-electron chi connectivity index (χ4n) is 5.01. The average molecular weight is 413 g/mol. The third-order valence-electron chi connectivity index (χ3n) is 6.96. The number of benzene rings is 1. The van der Waals surface area contributed by atoms with E-state index in [9.17, 15) is 10.0 Å². The van der Waals surface area contributed by atoms with Gasteiger partial charge in [-0.05, 0) is 48.6 Å². The number of carbonyl (C=O) groups is 1. The van der Waals surface area contributed by atoms with E-state index in [1.54, 1.807) is 6.20 Å². The van der Waals surface area contributed by atoms with Crippen molar-refractivity contribution < 1.29 is 10.0 Å². The highest BCUT2D eigenvalue weighted by Crippen LogP contribution is 2.35. The molecule has 2 aliphatic rings. The van der Waals surface area contributed by atoms with E-state index in [1.165, 1.54) is 68.4 Å². The Labute approximate surface area is 182 Å². The Balaban J connectivity index is 1.51. The zero-order valence-corrected chi connectivity index (χ0v) is 18.9. The van der Waals surface area contributed by atoms with Gasteiger partial charge in [0.1, 0.15) is 0 Å². The lowest BCUT2D eigenvalue weighted by Gasteiger charge is -2.32. The second-order valence-electron chi connectivity index (χ2n) is 9.32. The number of hydroxylamine groups is 2. The molecule has 1 fully saturated rings. The molecule has 30 heavy (non-hydrogen) atoms. The van der Waals surface area contributed by atoms with Crippen LogP contribution >= 0.6 is 0 Å². The number of unbranched alkanes of at least 4 members (excludes halogenated alkanes) is 2. The average Bonchev–Trinajstić information content (AvgIpc) is 2.76. The van der Waals surface area contributed by atoms with Gasteiger partial charge in [-0.25, -0.2) is 5.06 Å². The van der Waals surface area contributed by atoms with Gasteiger partial charge in [0.2, 0.25) is 0 Å². The third kappa shape index (κ3) is 6.34. The van der Waals surface area contributed by atoms with Crippen LogP contribution in [0.25, 0.3) is 0 Å². The molecule has 1 aromatic rings. The molecule has 1 aromatic carbocycles. The van der Waals surface area contributed by atoms with Crippen molar-refractivity contribution in [3.63, 3.8) is 0 Å². The number of carbonyl (C=O) groups excluding carboxylic acids is 1. The SMILES string of the molecule is CCCCCc1ccc(C2NC(=O)C(CCC3CCC(CCC)CC3)=CN2O)cc1. The summed E-state index contributed by atoms with van der Waals surface area (Å²) in [5.74, 6) is 1.59. The lowest BCUT2D eigenvalue weighted by molar-refractivity contribution is -0.135. The molecular formula is C26H40N2O2. The number of hydrogen-bond acceptors (Lipinski definition) is 3. The maximum absolute atomic E-state index is 12.7. The molecule has 0 spiro atoms. The highest BCUT2D eigenvalue weighted by molar-refractivity contribution is 5.94. The summed E-state index contributed by atoms with van der Waals surface area (Å²) in [6, 6.07) is 8.25. The molecule has 4 heteroatoms. The van der Waals surface area contributed by atoms with Gasteiger partial charge in [0, 0.05) is 11.8 Å². The number of nitrogens with one attached hydrogen (secondary N) is 1. The van der Waals surface area contributed by atoms with Crippen LogP contribution in [0.2, 0.25) is 0 Å². The van der Waals surface area contributed by atoms with Gasteiger partial charge in [0.25, 0.3) is 5.91 Å². The number of aryl methyl sites for hydroxylation is 1. The van der Waals surface area contributed by atoms with Gasteiger partial charge in [0.05, 0.1) is 0 Å². The van der Waals surface area contributed by atoms with Gasteiger partial charge >= 0.3 is 0 Å². The first-order valence-corrected chi connectivity index (χ1v) is 12.2. The summed E-state index contributed by atoms with van der Waals surface area (Å²) in [6.45, 7) is 4.49. The van der Waals surface area contributed by atoms with Crippen molar-refractivity contribution >= 4 is 5.91 Å². The summed E-state index contributed by atoms with van der Waals surface area (Å²) in [4.78, 5) is 12.7. The summed E-state index contributed by atoms with van der Waals surface area (Å²) >= 11 is 0. The van der Waals surface area contributed by atoms with E-state index < -0.39 is 6.17 Å². The maximum Gasteiger partial charge on any atom is 0.250 e. The maximum atomic E-state index is 12.7. The predicted molar refractivity (Wildman–Crippen MR) is 122 cm³/mol. The molecule has 1 aliphatic heterocycles. The van der Waals surface area contributed by atoms with Crippen molar-refractivity contribution in [3.05, 3.63) is 47.2 Å². The molecule has 0 radical (unpaired) electrons. The van der Waals surface area contributed by atoms with Gasteiger partial charge in [-0.3, -0.25) is 10.0 Å². The first-order valence-electron chi connectivity index (χ1n) is 12.2. The van der Waals surface area contributed by atoms with Crippen LogP contribution in [0.5, 0.6) is 0 Å². The molecule has 0 bridgehead atoms. The van der Waals surface area contributed by atoms with Crippen LogP contribution in [0.1, 0.15) is 102 Å². The molecule has 1 amide bonds. The minimum Gasteiger partial charge on any atom is -0.326 e. The number of hydrogen-bond donors (Lipinski definition) is 2. The fraction of sp³-hybridized carbons (Fsp3) is 0.654. The molecule has 1 heterocycles. The van der Waals surface area contributed by atoms with Gasteiger partial charge in [-0.2, -0.15) is 0 Å². The first kappa shape index (κ1) is 22.9. The summed E-state index contributed by atoms with van der Waals surface area (Å²) < 4.78 is 0. The van der Waals surface area contributed by atoms with E-state index >= 15 is 0 Å². The van der Waals surface area contributed by atoms with Gasteiger partial charge in [-0.15, -0.1) is 0 Å². The van der Waals surface area contributed by atoms with Crippen LogP contribution in [-0.4, -0.2) is 16.2 Å². The lowest BCUT2D eigenvalue weighted by atomic mass is 9.78. The number of amides is 1. The van der Waals surface area contributed by atoms with E-state index in [2.05, 4.69) is 31.3 Å². The zero-order chi connectivity index (χ0) is 21.3. The minimum atomic E-state index is -0.504. The van der Waals surface area contributed by atoms with E-state index in [4.69, 9.17) is 0 Å². The smallest absolute Gasteiger partial charge is 0.250 e. The van der Waals surface area contributed by atoms with E-state index in [-0.39, 0.29) is 5.91 Å². The first-order chi connectivity index (χ1) is 14.6. The Bertz CT molecular complexity index is 689. The van der Waals surface area contributed by atoms with E-state index in [0.29, 0.717) is 5.57 Å². The lowest BCUT2D eigenvalue weighted by Crippen LogP contribution is -2.42. The minimum absolute atomic E-state index is 0.0445. The van der Waals surface area contributed by atoms with Crippen LogP contribution < -0.4 is 5.32 Å². The Morgan fingerprint density at radius 1 is 0.933 bits per heavy atom. The van der Waals surface area contributed by atoms with Crippen molar-refractivity contribution in [1.29, 1.82) is 0 Å². The second kappa shape index (κ2) is 11.5. The van der Waals surface area contributed by atoms with Crippen LogP contribution in [0.15, 0.2) is 36.0 Å². The predicted octanol–water partition coefficient (Wildman–Crippen LogP) is 6.51. The Morgan fingerprint density at radius 3 is 2.23 bits per heavy atom. The number of nitrogens with zero attached hydrogens (tertiary/aromatic N) is 1. The summed E-state index contributed by atoms with van der Waals surface area (Å²) in [7, 11) is 0. The second-order valence-corrected chi connectivity index (χ2v) is 9.32. The standard InChI is InChI=1S/C26H40N2O2/c1-3-5-6-8-21-13-16-23(17-14-21)25-27-26(29)24(19-28(25)30)18-15-22-11-9-20(7-4-2)10-12-22/h13-14,16-17,19-20,22,25,30H,3-12,15,18H2,1-2H3,(H,27,29). The molecule has 1 saturated carbocycles. The van der Waals surface area contributed by atoms with Crippen LogP contribution in [-0.2, 0) is 11.2 Å². The molecule has 4 nitrogen and oxygen atoms in total. The van der Waals surface area contributed by atoms with E-state index in [1.807, 2.05) is 12.1 Å².